The molecule has 0 N–H and O–H groups in total. The Hall–Kier alpha value is -1.91. The highest BCUT2D eigenvalue weighted by Gasteiger charge is 1.96. The van der Waals surface area contributed by atoms with Crippen LogP contribution in [0.4, 0.5) is 0 Å². The van der Waals surface area contributed by atoms with Gasteiger partial charge >= 0.3 is 0 Å². The molecule has 0 aromatic heterocycles. The van der Waals surface area contributed by atoms with Crippen molar-refractivity contribution in [2.45, 2.75) is 6.61 Å². The van der Waals surface area contributed by atoms with Gasteiger partial charge in [-0.15, -0.1) is 11.6 Å². The largest absolute Gasteiger partial charge is 0.489 e. The smallest absolute Gasteiger partial charge is 0.121 e. The van der Waals surface area contributed by atoms with E-state index < -0.39 is 0 Å². The van der Waals surface area contributed by atoms with Gasteiger partial charge < -0.3 is 4.74 Å². The number of benzene rings is 2. The van der Waals surface area contributed by atoms with Gasteiger partial charge in [-0.1, -0.05) is 48.2 Å². The maximum Gasteiger partial charge on any atom is 0.121 e. The molecule has 0 amide bonds. The number of rotatable bonds is 3. The third kappa shape index (κ3) is 3.84. The fourth-order valence-electron chi connectivity index (χ4n) is 1.54. The zero-order valence-electron chi connectivity index (χ0n) is 9.90. The molecule has 2 rings (SSSR count). The summed E-state index contributed by atoms with van der Waals surface area (Å²) in [6.45, 7) is 0.563. The predicted octanol–water partition coefficient (Wildman–Crippen LogP) is 3.86. The summed E-state index contributed by atoms with van der Waals surface area (Å²) in [6.07, 6.45) is 0. The molecule has 0 aliphatic rings. The summed E-state index contributed by atoms with van der Waals surface area (Å²) >= 11 is 5.53. The molecule has 2 aromatic rings. The normalized spacial score (nSPS) is 9.39. The summed E-state index contributed by atoms with van der Waals surface area (Å²) in [4.78, 5) is 0. The van der Waals surface area contributed by atoms with Gasteiger partial charge in [0.05, 0.1) is 5.88 Å². The minimum Gasteiger partial charge on any atom is -0.489 e. The fraction of sp³-hybridized carbons (Fsp3) is 0.125. The second-order valence-corrected chi connectivity index (χ2v) is 4.00. The Bertz CT molecular complexity index is 552. The summed E-state index contributed by atoms with van der Waals surface area (Å²) < 4.78 is 5.71. The lowest BCUT2D eigenvalue weighted by Crippen LogP contribution is -1.95. The van der Waals surface area contributed by atoms with E-state index >= 15 is 0 Å². The van der Waals surface area contributed by atoms with E-state index in [1.807, 2.05) is 54.6 Å². The van der Waals surface area contributed by atoms with Crippen molar-refractivity contribution >= 4 is 11.6 Å². The van der Waals surface area contributed by atoms with Crippen molar-refractivity contribution in [1.29, 1.82) is 0 Å². The van der Waals surface area contributed by atoms with Crippen molar-refractivity contribution < 1.29 is 4.74 Å². The first-order chi connectivity index (χ1) is 8.88. The van der Waals surface area contributed by atoms with Crippen LogP contribution in [0.5, 0.6) is 5.75 Å². The van der Waals surface area contributed by atoms with Crippen molar-refractivity contribution in [1.82, 2.24) is 0 Å². The Kier molecular flexibility index (Phi) is 4.69. The van der Waals surface area contributed by atoms with Crippen LogP contribution in [0.15, 0.2) is 54.6 Å². The van der Waals surface area contributed by atoms with Gasteiger partial charge in [0.1, 0.15) is 12.4 Å². The molecule has 0 saturated carbocycles. The van der Waals surface area contributed by atoms with E-state index in [0.29, 0.717) is 12.5 Å². The number of halogens is 1. The number of ether oxygens (including phenoxy) is 1. The summed E-state index contributed by atoms with van der Waals surface area (Å²) in [5.41, 5.74) is 2.07. The molecular weight excluding hydrogens is 244 g/mol. The van der Waals surface area contributed by atoms with Crippen LogP contribution in [0.25, 0.3) is 0 Å². The summed E-state index contributed by atoms with van der Waals surface area (Å²) in [5, 5.41) is 0. The van der Waals surface area contributed by atoms with Crippen LogP contribution in [0.2, 0.25) is 0 Å². The molecule has 0 heterocycles. The number of hydrogen-bond acceptors (Lipinski definition) is 1. The topological polar surface area (TPSA) is 9.23 Å². The van der Waals surface area contributed by atoms with E-state index in [2.05, 4.69) is 11.8 Å². The molecule has 0 saturated heterocycles. The summed E-state index contributed by atoms with van der Waals surface area (Å²) in [5.74, 6) is 6.96. The Morgan fingerprint density at radius 1 is 1.00 bits per heavy atom. The molecule has 0 fully saturated rings. The molecule has 18 heavy (non-hydrogen) atoms. The van der Waals surface area contributed by atoms with Gasteiger partial charge in [0.2, 0.25) is 0 Å². The highest BCUT2D eigenvalue weighted by Crippen LogP contribution is 2.14. The molecule has 0 spiro atoms. The second-order valence-electron chi connectivity index (χ2n) is 3.74. The Balaban J connectivity index is 2.01. The average Bonchev–Trinajstić information content (AvgIpc) is 2.44. The van der Waals surface area contributed by atoms with Gasteiger partial charge in [0.25, 0.3) is 0 Å². The van der Waals surface area contributed by atoms with E-state index in [0.717, 1.165) is 16.9 Å². The van der Waals surface area contributed by atoms with E-state index in [9.17, 15) is 0 Å². The molecule has 2 heteroatoms. The molecule has 0 aliphatic carbocycles. The first-order valence-electron chi connectivity index (χ1n) is 5.70. The van der Waals surface area contributed by atoms with E-state index in [4.69, 9.17) is 16.3 Å². The van der Waals surface area contributed by atoms with Crippen LogP contribution < -0.4 is 4.74 Å². The van der Waals surface area contributed by atoms with Crippen LogP contribution in [0.3, 0.4) is 0 Å². The maximum atomic E-state index is 5.71. The third-order valence-electron chi connectivity index (χ3n) is 2.38. The van der Waals surface area contributed by atoms with Crippen molar-refractivity contribution in [3.63, 3.8) is 0 Å². The van der Waals surface area contributed by atoms with Gasteiger partial charge in [0, 0.05) is 5.56 Å². The lowest BCUT2D eigenvalue weighted by atomic mass is 10.2. The first kappa shape index (κ1) is 12.5. The van der Waals surface area contributed by atoms with Crippen molar-refractivity contribution in [3.05, 3.63) is 65.7 Å². The number of alkyl halides is 1. The van der Waals surface area contributed by atoms with Crippen molar-refractivity contribution in [3.8, 4) is 17.6 Å². The third-order valence-corrected chi connectivity index (χ3v) is 2.52. The van der Waals surface area contributed by atoms with Crippen LogP contribution in [0, 0.1) is 11.8 Å². The van der Waals surface area contributed by atoms with Gasteiger partial charge in [-0.25, -0.2) is 0 Å². The lowest BCUT2D eigenvalue weighted by molar-refractivity contribution is 0.306. The molecule has 90 valence electrons. The van der Waals surface area contributed by atoms with Gasteiger partial charge in [0.15, 0.2) is 0 Å². The quantitative estimate of drug-likeness (QED) is 0.599. The lowest BCUT2D eigenvalue weighted by Gasteiger charge is -2.06. The zero-order valence-corrected chi connectivity index (χ0v) is 10.7. The van der Waals surface area contributed by atoms with E-state index in [-0.39, 0.29) is 0 Å². The Morgan fingerprint density at radius 3 is 2.61 bits per heavy atom. The molecule has 0 bridgehead atoms. The first-order valence-corrected chi connectivity index (χ1v) is 6.23. The highest BCUT2D eigenvalue weighted by atomic mass is 35.5. The molecule has 2 aromatic carbocycles. The average molecular weight is 257 g/mol. The molecule has 0 atom stereocenters. The summed E-state index contributed by atoms with van der Waals surface area (Å²) in [6, 6.07) is 17.8. The maximum absolute atomic E-state index is 5.71. The monoisotopic (exact) mass is 256 g/mol. The van der Waals surface area contributed by atoms with Crippen molar-refractivity contribution in [2.75, 3.05) is 5.88 Å². The second kappa shape index (κ2) is 6.74. The Labute approximate surface area is 112 Å². The van der Waals surface area contributed by atoms with Gasteiger partial charge in [-0.3, -0.25) is 0 Å². The van der Waals surface area contributed by atoms with E-state index in [1.165, 1.54) is 0 Å². The fourth-order valence-corrected chi connectivity index (χ4v) is 1.61. The number of hydrogen-bond donors (Lipinski definition) is 0. The minimum atomic E-state index is 0.342. The standard InChI is InChI=1S/C16H13ClO/c17-11-5-9-14-8-4-10-16(12-14)18-13-15-6-2-1-3-7-15/h1-4,6-8,10,12H,11,13H2. The van der Waals surface area contributed by atoms with E-state index in [1.54, 1.807) is 0 Å². The van der Waals surface area contributed by atoms with Gasteiger partial charge in [-0.2, -0.15) is 0 Å². The minimum absolute atomic E-state index is 0.342. The molecule has 0 unspecified atom stereocenters. The Morgan fingerprint density at radius 2 is 1.83 bits per heavy atom. The molecule has 1 nitrogen and oxygen atoms in total. The van der Waals surface area contributed by atoms with Crippen molar-refractivity contribution in [2.24, 2.45) is 0 Å². The molecule has 0 radical (unpaired) electrons. The van der Waals surface area contributed by atoms with Crippen LogP contribution in [0.1, 0.15) is 11.1 Å². The predicted molar refractivity (Wildman–Crippen MR) is 74.8 cm³/mol. The van der Waals surface area contributed by atoms with Crippen LogP contribution in [-0.2, 0) is 6.61 Å². The van der Waals surface area contributed by atoms with Gasteiger partial charge in [-0.05, 0) is 23.8 Å². The van der Waals surface area contributed by atoms with Crippen LogP contribution in [-0.4, -0.2) is 5.88 Å². The highest BCUT2D eigenvalue weighted by molar-refractivity contribution is 6.19. The SMILES string of the molecule is ClCC#Cc1cccc(OCc2ccccc2)c1. The summed E-state index contributed by atoms with van der Waals surface area (Å²) in [7, 11) is 0. The molecular formula is C16H13ClO. The zero-order chi connectivity index (χ0) is 12.6. The van der Waals surface area contributed by atoms with Crippen LogP contribution >= 0.6 is 11.6 Å². The molecule has 0 aliphatic heterocycles.